The van der Waals surface area contributed by atoms with Crippen LogP contribution in [0.3, 0.4) is 0 Å². The predicted octanol–water partition coefficient (Wildman–Crippen LogP) is 3.12. The van der Waals surface area contributed by atoms with Gasteiger partial charge in [-0.05, 0) is 28.3 Å². The fourth-order valence-electron chi connectivity index (χ4n) is 3.72. The molecule has 3 aromatic heterocycles. The summed E-state index contributed by atoms with van der Waals surface area (Å²) in [4.78, 5) is 1.40. The van der Waals surface area contributed by atoms with Gasteiger partial charge in [-0.15, -0.1) is 23.7 Å². The van der Waals surface area contributed by atoms with E-state index in [1.165, 1.54) is 18.0 Å². The zero-order valence-corrected chi connectivity index (χ0v) is 25.3. The van der Waals surface area contributed by atoms with Gasteiger partial charge in [-0.3, -0.25) is 0 Å². The summed E-state index contributed by atoms with van der Waals surface area (Å²) in [6, 6.07) is 29.4. The minimum Gasteiger partial charge on any atom is -0.690 e. The molecule has 15 heteroatoms. The molecule has 0 fully saturated rings. The van der Waals surface area contributed by atoms with Crippen molar-refractivity contribution in [2.75, 3.05) is 7.11 Å². The average molecular weight is 669 g/mol. The first-order chi connectivity index (χ1) is 20.8. The molecule has 0 radical (unpaired) electrons. The SMILES string of the molecule is COc1cn(Cc2ccccc2)n[n+]1[O-].[O-][n+]1nn(Cc2ccccc2)cc1Br.[O-][n+]1nn(Cc2ccccc2)cc1Cl. The van der Waals surface area contributed by atoms with Gasteiger partial charge in [-0.1, -0.05) is 95.8 Å². The maximum atomic E-state index is 11.1. The van der Waals surface area contributed by atoms with Crippen LogP contribution >= 0.6 is 27.5 Å². The van der Waals surface area contributed by atoms with Gasteiger partial charge in [0.05, 0.1) is 22.7 Å². The standard InChI is InChI=1S/C10H11N3O2.C9H8BrN3O.C9H8ClN3O/c1-15-10-8-12(11-13(10)14)7-9-5-3-2-4-6-9;2*10-9-7-12(11-13(9)14)6-8-4-2-1-3-5-8/h2-6,8H,7H2,1H3;2*1-5,7H,6H2. The molecule has 222 valence electrons. The molecule has 0 saturated heterocycles. The molecule has 0 aliphatic heterocycles. The molecule has 0 bridgehead atoms. The van der Waals surface area contributed by atoms with Crippen molar-refractivity contribution in [3.05, 3.63) is 152 Å². The first-order valence-electron chi connectivity index (χ1n) is 12.8. The van der Waals surface area contributed by atoms with Crippen molar-refractivity contribution in [1.82, 2.24) is 29.7 Å². The Kier molecular flexibility index (Phi) is 11.0. The Balaban J connectivity index is 0.000000148. The first kappa shape index (κ1) is 31.0. The molecule has 43 heavy (non-hydrogen) atoms. The van der Waals surface area contributed by atoms with Crippen LogP contribution in [0.1, 0.15) is 16.7 Å². The smallest absolute Gasteiger partial charge is 0.351 e. The maximum Gasteiger partial charge on any atom is 0.351 e. The average Bonchev–Trinajstić information content (AvgIpc) is 3.64. The lowest BCUT2D eigenvalue weighted by atomic mass is 10.2. The second-order valence-corrected chi connectivity index (χ2v) is 10.1. The lowest BCUT2D eigenvalue weighted by molar-refractivity contribution is -0.681. The van der Waals surface area contributed by atoms with Crippen LogP contribution in [0.4, 0.5) is 0 Å². The Morgan fingerprint density at radius 3 is 1.37 bits per heavy atom. The number of halogens is 2. The molecule has 0 atom stereocenters. The van der Waals surface area contributed by atoms with Crippen LogP contribution < -0.4 is 19.3 Å². The van der Waals surface area contributed by atoms with Gasteiger partial charge in [0.2, 0.25) is 10.8 Å². The molecule has 3 heterocycles. The number of hydrogen-bond donors (Lipinski definition) is 0. The zero-order chi connectivity index (χ0) is 30.6. The lowest BCUT2D eigenvalue weighted by Gasteiger charge is -1.94. The predicted molar refractivity (Wildman–Crippen MR) is 159 cm³/mol. The summed E-state index contributed by atoms with van der Waals surface area (Å²) in [7, 11) is 1.44. The molecule has 0 amide bonds. The van der Waals surface area contributed by atoms with Crippen molar-refractivity contribution >= 4 is 27.5 Å². The number of aromatic nitrogens is 9. The molecule has 0 unspecified atom stereocenters. The Morgan fingerprint density at radius 1 is 0.628 bits per heavy atom. The van der Waals surface area contributed by atoms with Gasteiger partial charge in [0.1, 0.15) is 19.6 Å². The molecule has 0 aliphatic rings. The summed E-state index contributed by atoms with van der Waals surface area (Å²) in [5, 5.41) is 44.2. The quantitative estimate of drug-likeness (QED) is 0.188. The highest BCUT2D eigenvalue weighted by molar-refractivity contribution is 9.10. The summed E-state index contributed by atoms with van der Waals surface area (Å²) in [5.41, 5.74) is 3.28. The molecule has 0 saturated carbocycles. The summed E-state index contributed by atoms with van der Waals surface area (Å²) in [5.74, 6) is 0.200. The van der Waals surface area contributed by atoms with Crippen molar-refractivity contribution in [1.29, 1.82) is 0 Å². The monoisotopic (exact) mass is 667 g/mol. The van der Waals surface area contributed by atoms with E-state index >= 15 is 0 Å². The van der Waals surface area contributed by atoms with E-state index in [0.717, 1.165) is 16.7 Å². The van der Waals surface area contributed by atoms with Gasteiger partial charge < -0.3 is 20.4 Å². The Morgan fingerprint density at radius 2 is 1.02 bits per heavy atom. The Labute approximate surface area is 260 Å². The number of hydrogen-bond acceptors (Lipinski definition) is 7. The van der Waals surface area contributed by atoms with E-state index in [1.54, 1.807) is 21.8 Å². The third kappa shape index (κ3) is 9.55. The highest BCUT2D eigenvalue weighted by Crippen LogP contribution is 2.06. The summed E-state index contributed by atoms with van der Waals surface area (Å²) >= 11 is 8.66. The second kappa shape index (κ2) is 15.3. The highest BCUT2D eigenvalue weighted by atomic mass is 79.9. The van der Waals surface area contributed by atoms with Crippen LogP contribution in [0.15, 0.2) is 114 Å². The van der Waals surface area contributed by atoms with E-state index in [0.29, 0.717) is 38.8 Å². The van der Waals surface area contributed by atoms with E-state index in [9.17, 15) is 15.6 Å². The van der Waals surface area contributed by atoms with E-state index in [4.69, 9.17) is 16.3 Å². The molecule has 6 aromatic rings. The topological polar surface area (TPSA) is 144 Å². The minimum absolute atomic E-state index is 0.0842. The summed E-state index contributed by atoms with van der Waals surface area (Å²) in [6.07, 6.45) is 4.72. The van der Waals surface area contributed by atoms with E-state index in [1.807, 2.05) is 91.0 Å². The van der Waals surface area contributed by atoms with Crippen LogP contribution in [-0.2, 0) is 19.6 Å². The highest BCUT2D eigenvalue weighted by Gasteiger charge is 2.11. The molecule has 6 rings (SSSR count). The molecule has 0 spiro atoms. The Bertz CT molecular complexity index is 1580. The van der Waals surface area contributed by atoms with Gasteiger partial charge in [0, 0.05) is 15.9 Å². The van der Waals surface area contributed by atoms with Crippen molar-refractivity contribution < 1.29 is 19.3 Å². The van der Waals surface area contributed by atoms with E-state index in [-0.39, 0.29) is 11.0 Å². The van der Waals surface area contributed by atoms with Crippen LogP contribution in [0.5, 0.6) is 5.88 Å². The molecule has 3 aromatic carbocycles. The van der Waals surface area contributed by atoms with Crippen LogP contribution in [0, 0.1) is 15.6 Å². The van der Waals surface area contributed by atoms with Gasteiger partial charge in [-0.2, -0.15) is 0 Å². The van der Waals surface area contributed by atoms with Crippen LogP contribution in [0.2, 0.25) is 5.15 Å². The fourth-order valence-corrected chi connectivity index (χ4v) is 4.17. The van der Waals surface area contributed by atoms with Gasteiger partial charge >= 0.3 is 5.88 Å². The largest absolute Gasteiger partial charge is 0.690 e. The molecular formula is C28H27BrClN9O4. The maximum absolute atomic E-state index is 11.1. The summed E-state index contributed by atoms with van der Waals surface area (Å²) in [6.45, 7) is 1.72. The van der Waals surface area contributed by atoms with Gasteiger partial charge in [0.25, 0.3) is 5.15 Å². The van der Waals surface area contributed by atoms with Crippen molar-refractivity contribution in [3.63, 3.8) is 0 Å². The second-order valence-electron chi connectivity index (χ2n) is 8.91. The normalized spacial score (nSPS) is 10.3. The van der Waals surface area contributed by atoms with Crippen molar-refractivity contribution in [2.24, 2.45) is 0 Å². The Hall–Kier alpha value is -4.95. The first-order valence-corrected chi connectivity index (χ1v) is 14.0. The minimum atomic E-state index is 0.0842. The third-order valence-electron chi connectivity index (χ3n) is 5.68. The molecule has 13 nitrogen and oxygen atoms in total. The number of nitrogens with zero attached hydrogens (tertiary/aromatic N) is 9. The third-order valence-corrected chi connectivity index (χ3v) is 6.43. The molecule has 0 N–H and O–H groups in total. The summed E-state index contributed by atoms with van der Waals surface area (Å²) < 4.78 is 9.89. The number of methoxy groups -OCH3 is 1. The van der Waals surface area contributed by atoms with E-state index < -0.39 is 0 Å². The fraction of sp³-hybridized carbons (Fsp3) is 0.143. The lowest BCUT2D eigenvalue weighted by Crippen LogP contribution is -2.30. The zero-order valence-electron chi connectivity index (χ0n) is 22.9. The number of benzene rings is 3. The van der Waals surface area contributed by atoms with Crippen molar-refractivity contribution in [3.8, 4) is 5.88 Å². The molecular weight excluding hydrogens is 642 g/mol. The number of ether oxygens (including phenoxy) is 1. The van der Waals surface area contributed by atoms with Crippen molar-refractivity contribution in [2.45, 2.75) is 19.6 Å². The van der Waals surface area contributed by atoms with Crippen LogP contribution in [0.25, 0.3) is 0 Å². The molecule has 0 aliphatic carbocycles. The van der Waals surface area contributed by atoms with Gasteiger partial charge in [-0.25, -0.2) is 0 Å². The number of rotatable bonds is 7. The van der Waals surface area contributed by atoms with E-state index in [2.05, 4.69) is 31.6 Å². The van der Waals surface area contributed by atoms with Crippen LogP contribution in [-0.4, -0.2) is 36.8 Å². The van der Waals surface area contributed by atoms with Gasteiger partial charge in [0.15, 0.2) is 12.4 Å².